The Morgan fingerprint density at radius 1 is 1.24 bits per heavy atom. The summed E-state index contributed by atoms with van der Waals surface area (Å²) in [4.78, 5) is 24.5. The van der Waals surface area contributed by atoms with Crippen LogP contribution in [0, 0.1) is 25.2 Å². The van der Waals surface area contributed by atoms with E-state index in [1.807, 2.05) is 16.5 Å². The number of sulfonamides is 1. The quantitative estimate of drug-likeness (QED) is 0.617. The number of carbonyl (C=O) groups is 1. The fourth-order valence-electron chi connectivity index (χ4n) is 2.54. The molecular formula is C18H17N5O3S3. The minimum Gasteiger partial charge on any atom is -0.313 e. The van der Waals surface area contributed by atoms with Gasteiger partial charge in [0.05, 0.1) is 29.4 Å². The van der Waals surface area contributed by atoms with Crippen molar-refractivity contribution >= 4 is 49.4 Å². The van der Waals surface area contributed by atoms with Crippen molar-refractivity contribution in [1.82, 2.24) is 14.7 Å². The van der Waals surface area contributed by atoms with Crippen molar-refractivity contribution in [1.29, 1.82) is 5.26 Å². The Morgan fingerprint density at radius 3 is 2.48 bits per heavy atom. The Hall–Kier alpha value is -2.81. The summed E-state index contributed by atoms with van der Waals surface area (Å²) in [6.07, 6.45) is 2.71. The molecule has 0 unspecified atom stereocenters. The Kier molecular flexibility index (Phi) is 5.97. The van der Waals surface area contributed by atoms with Crippen molar-refractivity contribution in [3.63, 3.8) is 0 Å². The van der Waals surface area contributed by atoms with Gasteiger partial charge in [0.2, 0.25) is 10.0 Å². The summed E-state index contributed by atoms with van der Waals surface area (Å²) in [5, 5.41) is 10.5. The molecule has 11 heteroatoms. The Bertz CT molecular complexity index is 1190. The van der Waals surface area contributed by atoms with E-state index in [9.17, 15) is 13.2 Å². The summed E-state index contributed by atoms with van der Waals surface area (Å²) < 4.78 is 24.7. The normalized spacial score (nSPS) is 11.1. The van der Waals surface area contributed by atoms with E-state index >= 15 is 0 Å². The monoisotopic (exact) mass is 447 g/mol. The van der Waals surface area contributed by atoms with Gasteiger partial charge in [-0.15, -0.1) is 22.7 Å². The largest absolute Gasteiger partial charge is 0.313 e. The summed E-state index contributed by atoms with van der Waals surface area (Å²) in [6, 6.07) is 9.11. The minimum atomic E-state index is -3.69. The maximum atomic E-state index is 12.3. The molecule has 2 aromatic heterocycles. The Morgan fingerprint density at radius 2 is 1.93 bits per heavy atom. The predicted octanol–water partition coefficient (Wildman–Crippen LogP) is 3.12. The third-order valence-corrected chi connectivity index (χ3v) is 6.25. The average Bonchev–Trinajstić information content (AvgIpc) is 3.24. The maximum absolute atomic E-state index is 12.3. The maximum Gasteiger partial charge on any atom is 0.284 e. The third-order valence-electron chi connectivity index (χ3n) is 3.80. The van der Waals surface area contributed by atoms with Crippen LogP contribution in [0.15, 0.2) is 30.5 Å². The summed E-state index contributed by atoms with van der Waals surface area (Å²) in [6.45, 7) is 4.10. The van der Waals surface area contributed by atoms with Crippen LogP contribution in [0.1, 0.15) is 30.8 Å². The number of nitriles is 1. The molecule has 1 N–H and O–H groups in total. The topological polar surface area (TPSA) is 116 Å². The molecule has 150 valence electrons. The van der Waals surface area contributed by atoms with Gasteiger partial charge < -0.3 is 4.90 Å². The number of hydrogen-bond donors (Lipinski definition) is 1. The molecule has 1 aromatic carbocycles. The molecule has 0 aliphatic heterocycles. The van der Waals surface area contributed by atoms with Gasteiger partial charge in [0, 0.05) is 21.6 Å². The van der Waals surface area contributed by atoms with E-state index in [2.05, 4.69) is 16.0 Å². The van der Waals surface area contributed by atoms with E-state index in [-0.39, 0.29) is 5.69 Å². The molecule has 0 radical (unpaired) electrons. The van der Waals surface area contributed by atoms with Gasteiger partial charge in [0.15, 0.2) is 5.13 Å². The zero-order chi connectivity index (χ0) is 21.2. The van der Waals surface area contributed by atoms with Gasteiger partial charge in [0.25, 0.3) is 5.91 Å². The fraction of sp³-hybridized carbons (Fsp3) is 0.222. The van der Waals surface area contributed by atoms with Crippen LogP contribution in [0.4, 0.5) is 10.8 Å². The molecular weight excluding hydrogens is 430 g/mol. The first kappa shape index (κ1) is 20.9. The molecule has 3 rings (SSSR count). The van der Waals surface area contributed by atoms with Crippen LogP contribution in [-0.2, 0) is 16.6 Å². The van der Waals surface area contributed by atoms with Crippen molar-refractivity contribution in [3.05, 3.63) is 56.5 Å². The number of benzene rings is 1. The van der Waals surface area contributed by atoms with Gasteiger partial charge >= 0.3 is 0 Å². The molecule has 0 aliphatic carbocycles. The van der Waals surface area contributed by atoms with Crippen LogP contribution >= 0.6 is 22.7 Å². The van der Waals surface area contributed by atoms with Gasteiger partial charge in [-0.25, -0.2) is 23.1 Å². The number of rotatable bonds is 6. The molecule has 2 heterocycles. The number of hydrogen-bond acceptors (Lipinski definition) is 9. The van der Waals surface area contributed by atoms with Crippen molar-refractivity contribution in [2.45, 2.75) is 20.4 Å². The lowest BCUT2D eigenvalue weighted by molar-refractivity contribution is 0.0977. The number of aromatic nitrogens is 2. The molecule has 0 bridgehead atoms. The molecule has 29 heavy (non-hydrogen) atoms. The van der Waals surface area contributed by atoms with Crippen molar-refractivity contribution in [3.8, 4) is 6.07 Å². The van der Waals surface area contributed by atoms with Crippen LogP contribution in [0.25, 0.3) is 0 Å². The van der Waals surface area contributed by atoms with E-state index < -0.39 is 15.9 Å². The van der Waals surface area contributed by atoms with Crippen molar-refractivity contribution < 1.29 is 13.2 Å². The Labute approximate surface area is 176 Å². The average molecular weight is 448 g/mol. The first-order valence-electron chi connectivity index (χ1n) is 8.35. The molecule has 0 saturated carbocycles. The standard InChI is InChI=1S/C18H17N5O3S3/c1-11-16(17(24)22-29(3,25)26)21-18(27-11)23(10-15-9-20-12(2)28-15)14-6-4-13(8-19)5-7-14/h4-7,9H,10H2,1-3H3,(H,22,24). The van der Waals surface area contributed by atoms with Crippen molar-refractivity contribution in [2.75, 3.05) is 11.2 Å². The highest BCUT2D eigenvalue weighted by Gasteiger charge is 2.22. The number of nitrogens with one attached hydrogen (secondary N) is 1. The molecule has 0 atom stereocenters. The number of aryl methyl sites for hydroxylation is 2. The van der Waals surface area contributed by atoms with Crippen LogP contribution in [0.5, 0.6) is 0 Å². The van der Waals surface area contributed by atoms with E-state index in [0.717, 1.165) is 21.8 Å². The highest BCUT2D eigenvalue weighted by molar-refractivity contribution is 7.89. The summed E-state index contributed by atoms with van der Waals surface area (Å²) in [5.74, 6) is -0.763. The van der Waals surface area contributed by atoms with Gasteiger partial charge in [-0.2, -0.15) is 5.26 Å². The number of carbonyl (C=O) groups excluding carboxylic acids is 1. The molecule has 1 amide bonds. The van der Waals surface area contributed by atoms with Crippen LogP contribution in [-0.4, -0.2) is 30.5 Å². The highest BCUT2D eigenvalue weighted by Crippen LogP contribution is 2.34. The number of anilines is 2. The lowest BCUT2D eigenvalue weighted by atomic mass is 10.2. The Balaban J connectivity index is 2.00. The van der Waals surface area contributed by atoms with Crippen LogP contribution in [0.3, 0.4) is 0 Å². The molecule has 0 aliphatic rings. The van der Waals surface area contributed by atoms with Crippen LogP contribution in [0.2, 0.25) is 0 Å². The lowest BCUT2D eigenvalue weighted by Gasteiger charge is -2.21. The molecule has 8 nitrogen and oxygen atoms in total. The number of nitrogens with zero attached hydrogens (tertiary/aromatic N) is 4. The summed E-state index contributed by atoms with van der Waals surface area (Å²) in [7, 11) is -3.69. The molecule has 0 spiro atoms. The summed E-state index contributed by atoms with van der Waals surface area (Å²) >= 11 is 2.84. The van der Waals surface area contributed by atoms with Crippen molar-refractivity contribution in [2.24, 2.45) is 0 Å². The van der Waals surface area contributed by atoms with E-state index in [4.69, 9.17) is 5.26 Å². The summed E-state index contributed by atoms with van der Waals surface area (Å²) in [5.41, 5.74) is 1.39. The van der Waals surface area contributed by atoms with E-state index in [0.29, 0.717) is 22.1 Å². The van der Waals surface area contributed by atoms with Gasteiger partial charge in [-0.1, -0.05) is 0 Å². The van der Waals surface area contributed by atoms with Gasteiger partial charge in [-0.05, 0) is 38.1 Å². The SMILES string of the molecule is Cc1ncc(CN(c2ccc(C#N)cc2)c2nc(C(=O)NS(C)(=O)=O)c(C)s2)s1. The molecule has 0 fully saturated rings. The van der Waals surface area contributed by atoms with Gasteiger partial charge in [0.1, 0.15) is 5.69 Å². The second kappa shape index (κ2) is 8.28. The zero-order valence-corrected chi connectivity index (χ0v) is 18.3. The number of thiazole rings is 2. The smallest absolute Gasteiger partial charge is 0.284 e. The fourth-order valence-corrected chi connectivity index (χ4v) is 4.69. The minimum absolute atomic E-state index is 0.0644. The number of amides is 1. The molecule has 3 aromatic rings. The van der Waals surface area contributed by atoms with Crippen LogP contribution < -0.4 is 9.62 Å². The zero-order valence-electron chi connectivity index (χ0n) is 15.8. The lowest BCUT2D eigenvalue weighted by Crippen LogP contribution is -2.30. The first-order valence-corrected chi connectivity index (χ1v) is 11.9. The van der Waals surface area contributed by atoms with E-state index in [1.165, 1.54) is 11.3 Å². The highest BCUT2D eigenvalue weighted by atomic mass is 32.2. The first-order chi connectivity index (χ1) is 13.7. The van der Waals surface area contributed by atoms with E-state index in [1.54, 1.807) is 48.7 Å². The van der Waals surface area contributed by atoms with Gasteiger partial charge in [-0.3, -0.25) is 4.79 Å². The second-order valence-electron chi connectivity index (χ2n) is 6.19. The third kappa shape index (κ3) is 5.17. The molecule has 0 saturated heterocycles. The predicted molar refractivity (Wildman–Crippen MR) is 113 cm³/mol. The second-order valence-corrected chi connectivity index (χ2v) is 10.4.